The second-order valence-corrected chi connectivity index (χ2v) is 3.25. The van der Waals surface area contributed by atoms with Crippen molar-refractivity contribution in [2.75, 3.05) is 6.26 Å². The van der Waals surface area contributed by atoms with Gasteiger partial charge < -0.3 is 4.98 Å². The summed E-state index contributed by atoms with van der Waals surface area (Å²) in [5.74, 6) is 0. The van der Waals surface area contributed by atoms with Crippen molar-refractivity contribution in [2.24, 2.45) is 0 Å². The van der Waals surface area contributed by atoms with Crippen molar-refractivity contribution in [2.45, 2.75) is 5.03 Å². The number of hydrogen-bond acceptors (Lipinski definition) is 4. The Labute approximate surface area is 78.4 Å². The molecule has 2 aromatic heterocycles. The van der Waals surface area contributed by atoms with Gasteiger partial charge >= 0.3 is 5.69 Å². The van der Waals surface area contributed by atoms with Gasteiger partial charge in [0.25, 0.3) is 0 Å². The van der Waals surface area contributed by atoms with Gasteiger partial charge in [-0.3, -0.25) is 4.98 Å². The fraction of sp³-hybridized carbons (Fsp3) is 0.125. The molecule has 0 aromatic carbocycles. The van der Waals surface area contributed by atoms with E-state index in [1.165, 1.54) is 11.8 Å². The first-order valence-corrected chi connectivity index (χ1v) is 4.93. The molecule has 0 atom stereocenters. The average Bonchev–Trinajstić information content (AvgIpc) is 2.16. The minimum atomic E-state index is -0.329. The largest absolute Gasteiger partial charge is 0.346 e. The molecule has 0 radical (unpaired) electrons. The van der Waals surface area contributed by atoms with Gasteiger partial charge in [0, 0.05) is 6.20 Å². The van der Waals surface area contributed by atoms with E-state index in [-0.39, 0.29) is 5.69 Å². The van der Waals surface area contributed by atoms with Crippen molar-refractivity contribution < 1.29 is 0 Å². The summed E-state index contributed by atoms with van der Waals surface area (Å²) in [4.78, 5) is 21.6. The summed E-state index contributed by atoms with van der Waals surface area (Å²) >= 11 is 1.42. The maximum Gasteiger partial charge on any atom is 0.346 e. The number of hydrogen-bond donors (Lipinski definition) is 1. The summed E-state index contributed by atoms with van der Waals surface area (Å²) in [7, 11) is 0. The van der Waals surface area contributed by atoms with Crippen LogP contribution in [0.4, 0.5) is 0 Å². The highest BCUT2D eigenvalue weighted by Crippen LogP contribution is 2.17. The molecule has 0 saturated carbocycles. The predicted molar refractivity (Wildman–Crippen MR) is 51.9 cm³/mol. The molecule has 2 rings (SSSR count). The maximum absolute atomic E-state index is 11.1. The number of nitrogens with one attached hydrogen (secondary N) is 1. The van der Waals surface area contributed by atoms with E-state index in [4.69, 9.17) is 0 Å². The van der Waals surface area contributed by atoms with Gasteiger partial charge in [-0.2, -0.15) is 4.98 Å². The summed E-state index contributed by atoms with van der Waals surface area (Å²) in [5.41, 5.74) is 1.14. The van der Waals surface area contributed by atoms with Crippen LogP contribution in [0.1, 0.15) is 0 Å². The summed E-state index contributed by atoms with van der Waals surface area (Å²) in [6.45, 7) is 0. The van der Waals surface area contributed by atoms with Gasteiger partial charge in [-0.25, -0.2) is 4.79 Å². The van der Waals surface area contributed by atoms with Crippen LogP contribution in [0.5, 0.6) is 0 Å². The number of fused-ring (bicyclic) bond motifs is 1. The van der Waals surface area contributed by atoms with Crippen molar-refractivity contribution in [3.63, 3.8) is 0 Å². The van der Waals surface area contributed by atoms with Crippen LogP contribution >= 0.6 is 11.8 Å². The summed E-state index contributed by atoms with van der Waals surface area (Å²) < 4.78 is 0. The Hall–Kier alpha value is -1.36. The Balaban J connectivity index is 2.89. The quantitative estimate of drug-likeness (QED) is 0.543. The lowest BCUT2D eigenvalue weighted by molar-refractivity contribution is 1.01. The highest BCUT2D eigenvalue weighted by atomic mass is 32.2. The fourth-order valence-electron chi connectivity index (χ4n) is 1.11. The topological polar surface area (TPSA) is 58.6 Å². The number of aromatic amines is 1. The lowest BCUT2D eigenvalue weighted by Crippen LogP contribution is -2.11. The molecule has 0 aliphatic heterocycles. The Kier molecular flexibility index (Phi) is 2.02. The first kappa shape index (κ1) is 8.25. The fourth-order valence-corrected chi connectivity index (χ4v) is 1.64. The van der Waals surface area contributed by atoms with E-state index < -0.39 is 0 Å². The third kappa shape index (κ3) is 1.42. The second kappa shape index (κ2) is 3.18. The van der Waals surface area contributed by atoms with Gasteiger partial charge in [0.15, 0.2) is 0 Å². The van der Waals surface area contributed by atoms with E-state index in [9.17, 15) is 4.79 Å². The molecule has 0 amide bonds. The highest BCUT2D eigenvalue weighted by Gasteiger charge is 2.03. The summed E-state index contributed by atoms with van der Waals surface area (Å²) in [5, 5.41) is 0.666. The molecule has 0 saturated heterocycles. The van der Waals surface area contributed by atoms with Crippen molar-refractivity contribution in [3.8, 4) is 0 Å². The normalized spacial score (nSPS) is 10.5. The zero-order valence-corrected chi connectivity index (χ0v) is 7.76. The first-order chi connectivity index (χ1) is 6.31. The molecule has 0 spiro atoms. The Bertz CT molecular complexity index is 494. The molecule has 0 aliphatic rings. The Morgan fingerprint density at radius 1 is 1.54 bits per heavy atom. The molecule has 2 heterocycles. The third-order valence-corrected chi connectivity index (χ3v) is 2.32. The molecule has 0 aliphatic carbocycles. The van der Waals surface area contributed by atoms with Crippen LogP contribution in [0.2, 0.25) is 0 Å². The third-order valence-electron chi connectivity index (χ3n) is 1.65. The highest BCUT2D eigenvalue weighted by molar-refractivity contribution is 7.98. The summed E-state index contributed by atoms with van der Waals surface area (Å²) in [6, 6.07) is 3.59. The zero-order chi connectivity index (χ0) is 9.26. The lowest BCUT2D eigenvalue weighted by Gasteiger charge is -1.99. The minimum absolute atomic E-state index is 0.329. The lowest BCUT2D eigenvalue weighted by atomic mass is 10.4. The SMILES string of the molecule is CSc1nc(=O)[nH]c2cccnc12. The second-order valence-electron chi connectivity index (χ2n) is 2.45. The number of pyridine rings is 1. The number of thioether (sulfide) groups is 1. The van der Waals surface area contributed by atoms with E-state index in [0.717, 1.165) is 11.0 Å². The van der Waals surface area contributed by atoms with E-state index in [2.05, 4.69) is 15.0 Å². The molecule has 0 fully saturated rings. The molecule has 13 heavy (non-hydrogen) atoms. The molecule has 66 valence electrons. The number of rotatable bonds is 1. The van der Waals surface area contributed by atoms with Crippen LogP contribution in [0.15, 0.2) is 28.2 Å². The van der Waals surface area contributed by atoms with Gasteiger partial charge in [0.1, 0.15) is 10.5 Å². The van der Waals surface area contributed by atoms with Gasteiger partial charge in [-0.15, -0.1) is 11.8 Å². The molecule has 0 unspecified atom stereocenters. The van der Waals surface area contributed by atoms with Crippen molar-refractivity contribution in [3.05, 3.63) is 28.8 Å². The van der Waals surface area contributed by atoms with E-state index in [1.807, 2.05) is 12.3 Å². The Morgan fingerprint density at radius 2 is 2.38 bits per heavy atom. The van der Waals surface area contributed by atoms with Crippen molar-refractivity contribution in [1.29, 1.82) is 0 Å². The maximum atomic E-state index is 11.1. The Morgan fingerprint density at radius 3 is 3.15 bits per heavy atom. The van der Waals surface area contributed by atoms with Crippen molar-refractivity contribution in [1.82, 2.24) is 15.0 Å². The molecular formula is C8H7N3OS. The van der Waals surface area contributed by atoms with E-state index >= 15 is 0 Å². The molecule has 5 heteroatoms. The first-order valence-electron chi connectivity index (χ1n) is 3.70. The van der Waals surface area contributed by atoms with E-state index in [0.29, 0.717) is 5.03 Å². The minimum Gasteiger partial charge on any atom is -0.304 e. The smallest absolute Gasteiger partial charge is 0.304 e. The zero-order valence-electron chi connectivity index (χ0n) is 6.94. The van der Waals surface area contributed by atoms with Crippen LogP contribution < -0.4 is 5.69 Å². The number of nitrogens with zero attached hydrogens (tertiary/aromatic N) is 2. The van der Waals surface area contributed by atoms with Gasteiger partial charge in [-0.1, -0.05) is 0 Å². The van der Waals surface area contributed by atoms with Gasteiger partial charge in [0.2, 0.25) is 0 Å². The predicted octanol–water partition coefficient (Wildman–Crippen LogP) is 1.04. The van der Waals surface area contributed by atoms with Gasteiger partial charge in [0.05, 0.1) is 5.52 Å². The number of H-pyrrole nitrogens is 1. The molecule has 0 bridgehead atoms. The van der Waals surface area contributed by atoms with Crippen LogP contribution in [-0.4, -0.2) is 21.2 Å². The van der Waals surface area contributed by atoms with Crippen LogP contribution in [0.25, 0.3) is 11.0 Å². The van der Waals surface area contributed by atoms with Gasteiger partial charge in [-0.05, 0) is 18.4 Å². The monoisotopic (exact) mass is 193 g/mol. The molecule has 2 aromatic rings. The standard InChI is InChI=1S/C8H7N3OS/c1-13-7-6-5(3-2-4-9-6)10-8(12)11-7/h2-4H,1H3,(H,10,11,12). The number of aromatic nitrogens is 3. The average molecular weight is 193 g/mol. The molecular weight excluding hydrogens is 186 g/mol. The van der Waals surface area contributed by atoms with E-state index in [1.54, 1.807) is 12.3 Å². The van der Waals surface area contributed by atoms with Crippen LogP contribution in [0, 0.1) is 0 Å². The summed E-state index contributed by atoms with van der Waals surface area (Å²) in [6.07, 6.45) is 3.55. The van der Waals surface area contributed by atoms with Crippen LogP contribution in [-0.2, 0) is 0 Å². The molecule has 1 N–H and O–H groups in total. The van der Waals surface area contributed by atoms with Crippen LogP contribution in [0.3, 0.4) is 0 Å². The molecule has 4 nitrogen and oxygen atoms in total. The van der Waals surface area contributed by atoms with Crippen molar-refractivity contribution >= 4 is 22.8 Å².